The number of nitrogens with zero attached hydrogens (tertiary/aromatic N) is 2. The highest BCUT2D eigenvalue weighted by molar-refractivity contribution is 7.92. The van der Waals surface area contributed by atoms with Crippen LogP contribution in [0.3, 0.4) is 0 Å². The molecule has 0 spiro atoms. The fourth-order valence-electron chi connectivity index (χ4n) is 5.39. The first kappa shape index (κ1) is 31.2. The van der Waals surface area contributed by atoms with Crippen LogP contribution < -0.4 is 19.1 Å². The minimum Gasteiger partial charge on any atom is -0.486 e. The van der Waals surface area contributed by atoms with Gasteiger partial charge in [-0.3, -0.25) is 13.9 Å². The van der Waals surface area contributed by atoms with Crippen molar-refractivity contribution >= 4 is 27.5 Å². The lowest BCUT2D eigenvalue weighted by Gasteiger charge is -2.33. The van der Waals surface area contributed by atoms with E-state index in [1.807, 2.05) is 0 Å². The van der Waals surface area contributed by atoms with Gasteiger partial charge in [-0.05, 0) is 73.9 Å². The Hall–Kier alpha value is -4.19. The number of carbonyl (C=O) groups is 2. The van der Waals surface area contributed by atoms with E-state index in [4.69, 9.17) is 9.47 Å². The lowest BCUT2D eigenvalue weighted by molar-refractivity contribution is -0.139. The zero-order valence-electron chi connectivity index (χ0n) is 24.4. The summed E-state index contributed by atoms with van der Waals surface area (Å²) in [6, 6.07) is 13.4. The molecule has 1 atom stereocenters. The van der Waals surface area contributed by atoms with Gasteiger partial charge in [0, 0.05) is 18.7 Å². The molecule has 12 heteroatoms. The SMILES string of the molecule is C[C@H](C(=O)NC1CCCCC1)N(Cc1ccc(F)cc1)C(=O)CN(c1ccc(F)cc1)S(=O)(=O)c1ccc2c(c1)OCCO2. The minimum absolute atomic E-state index is 0.00669. The first-order chi connectivity index (χ1) is 21.1. The summed E-state index contributed by atoms with van der Waals surface area (Å²) in [5.41, 5.74) is 0.607. The highest BCUT2D eigenvalue weighted by Crippen LogP contribution is 2.34. The van der Waals surface area contributed by atoms with Crippen LogP contribution in [-0.4, -0.2) is 57.0 Å². The lowest BCUT2D eigenvalue weighted by Crippen LogP contribution is -2.53. The summed E-state index contributed by atoms with van der Waals surface area (Å²) in [4.78, 5) is 28.6. The Kier molecular flexibility index (Phi) is 9.68. The number of carbonyl (C=O) groups excluding carboxylic acids is 2. The molecule has 1 fully saturated rings. The number of anilines is 1. The van der Waals surface area contributed by atoms with E-state index in [-0.39, 0.29) is 41.4 Å². The third kappa shape index (κ3) is 7.29. The molecule has 0 unspecified atom stereocenters. The summed E-state index contributed by atoms with van der Waals surface area (Å²) in [6.45, 7) is 1.39. The Labute approximate surface area is 255 Å². The predicted octanol–water partition coefficient (Wildman–Crippen LogP) is 4.80. The van der Waals surface area contributed by atoms with Crippen molar-refractivity contribution in [2.75, 3.05) is 24.1 Å². The standard InChI is InChI=1S/C32H35F2N3O6S/c1-22(32(39)35-26-5-3-2-4-6-26)36(20-23-7-9-24(33)10-8-23)31(38)21-37(27-13-11-25(34)12-14-27)44(40,41)28-15-16-29-30(19-28)43-18-17-42-29/h7-16,19,22,26H,2-6,17-18,20-21H2,1H3,(H,35,39)/t22-/m1/s1. The Morgan fingerprint density at radius 2 is 1.50 bits per heavy atom. The second-order valence-corrected chi connectivity index (χ2v) is 12.8. The van der Waals surface area contributed by atoms with Crippen LogP contribution >= 0.6 is 0 Å². The molecule has 0 radical (unpaired) electrons. The fourth-order valence-corrected chi connectivity index (χ4v) is 6.82. The normalized spacial score (nSPS) is 15.7. The van der Waals surface area contributed by atoms with Crippen molar-refractivity contribution in [2.45, 2.75) is 62.6 Å². The molecule has 1 aliphatic heterocycles. The van der Waals surface area contributed by atoms with Gasteiger partial charge in [-0.1, -0.05) is 31.4 Å². The van der Waals surface area contributed by atoms with E-state index >= 15 is 0 Å². The van der Waals surface area contributed by atoms with Crippen LogP contribution in [0.1, 0.15) is 44.6 Å². The second-order valence-electron chi connectivity index (χ2n) is 11.0. The molecular formula is C32H35F2N3O6S. The maximum absolute atomic E-state index is 14.1. The van der Waals surface area contributed by atoms with Gasteiger partial charge in [0.15, 0.2) is 11.5 Å². The van der Waals surface area contributed by atoms with Crippen LogP contribution in [0.25, 0.3) is 0 Å². The Bertz CT molecular complexity index is 1580. The van der Waals surface area contributed by atoms with Crippen LogP contribution in [0.15, 0.2) is 71.6 Å². The molecule has 0 bridgehead atoms. The summed E-state index contributed by atoms with van der Waals surface area (Å²) in [7, 11) is -4.40. The molecular weight excluding hydrogens is 592 g/mol. The van der Waals surface area contributed by atoms with Crippen LogP contribution in [-0.2, 0) is 26.2 Å². The van der Waals surface area contributed by atoms with Crippen molar-refractivity contribution in [1.82, 2.24) is 10.2 Å². The number of rotatable bonds is 10. The van der Waals surface area contributed by atoms with Gasteiger partial charge in [0.05, 0.1) is 10.6 Å². The zero-order valence-corrected chi connectivity index (χ0v) is 25.2. The van der Waals surface area contributed by atoms with Crippen molar-refractivity contribution in [3.05, 3.63) is 83.9 Å². The van der Waals surface area contributed by atoms with E-state index in [2.05, 4.69) is 5.32 Å². The third-order valence-electron chi connectivity index (χ3n) is 7.88. The molecule has 0 aromatic heterocycles. The van der Waals surface area contributed by atoms with Gasteiger partial charge in [0.25, 0.3) is 10.0 Å². The van der Waals surface area contributed by atoms with Crippen LogP contribution in [0.5, 0.6) is 11.5 Å². The number of fused-ring (bicyclic) bond motifs is 1. The van der Waals surface area contributed by atoms with Gasteiger partial charge in [-0.25, -0.2) is 17.2 Å². The van der Waals surface area contributed by atoms with Gasteiger partial charge >= 0.3 is 0 Å². The molecule has 2 amide bonds. The molecule has 234 valence electrons. The van der Waals surface area contributed by atoms with E-state index in [1.165, 1.54) is 59.5 Å². The number of ether oxygens (including phenoxy) is 2. The van der Waals surface area contributed by atoms with Gasteiger partial charge in [0.1, 0.15) is 37.4 Å². The summed E-state index contributed by atoms with van der Waals surface area (Å²) in [5.74, 6) is -1.44. The Morgan fingerprint density at radius 3 is 2.16 bits per heavy atom. The molecule has 3 aromatic carbocycles. The molecule has 9 nitrogen and oxygen atoms in total. The predicted molar refractivity (Wildman–Crippen MR) is 160 cm³/mol. The monoisotopic (exact) mass is 627 g/mol. The number of hydrogen-bond acceptors (Lipinski definition) is 6. The molecule has 44 heavy (non-hydrogen) atoms. The third-order valence-corrected chi connectivity index (χ3v) is 9.65. The van der Waals surface area contributed by atoms with Crippen molar-refractivity contribution in [2.24, 2.45) is 0 Å². The molecule has 1 N–H and O–H groups in total. The maximum Gasteiger partial charge on any atom is 0.264 e. The molecule has 1 saturated carbocycles. The average molecular weight is 628 g/mol. The first-order valence-electron chi connectivity index (χ1n) is 14.6. The number of nitrogens with one attached hydrogen (secondary N) is 1. The average Bonchev–Trinajstić information content (AvgIpc) is 3.03. The Morgan fingerprint density at radius 1 is 0.886 bits per heavy atom. The van der Waals surface area contributed by atoms with Gasteiger partial charge in [-0.2, -0.15) is 0 Å². The largest absolute Gasteiger partial charge is 0.486 e. The van der Waals surface area contributed by atoms with Crippen molar-refractivity contribution < 1.29 is 36.3 Å². The maximum atomic E-state index is 14.1. The van der Waals surface area contributed by atoms with Gasteiger partial charge in [0.2, 0.25) is 11.8 Å². The smallest absolute Gasteiger partial charge is 0.264 e. The van der Waals surface area contributed by atoms with Crippen molar-refractivity contribution in [3.8, 4) is 11.5 Å². The van der Waals surface area contributed by atoms with Gasteiger partial charge in [-0.15, -0.1) is 0 Å². The summed E-state index contributed by atoms with van der Waals surface area (Å²) >= 11 is 0. The highest BCUT2D eigenvalue weighted by atomic mass is 32.2. The summed E-state index contributed by atoms with van der Waals surface area (Å²) in [5, 5.41) is 3.03. The summed E-state index contributed by atoms with van der Waals surface area (Å²) in [6.07, 6.45) is 4.80. The van der Waals surface area contributed by atoms with E-state index in [9.17, 15) is 26.8 Å². The van der Waals surface area contributed by atoms with Crippen molar-refractivity contribution in [1.29, 1.82) is 0 Å². The molecule has 2 aliphatic rings. The number of sulfonamides is 1. The van der Waals surface area contributed by atoms with Crippen LogP contribution in [0, 0.1) is 11.6 Å². The number of hydrogen-bond donors (Lipinski definition) is 1. The second kappa shape index (κ2) is 13.6. The van der Waals surface area contributed by atoms with Crippen molar-refractivity contribution in [3.63, 3.8) is 0 Å². The van der Waals surface area contributed by atoms with E-state index in [1.54, 1.807) is 6.92 Å². The molecule has 0 saturated heterocycles. The number of amides is 2. The molecule has 3 aromatic rings. The molecule has 5 rings (SSSR count). The molecule has 1 heterocycles. The topological polar surface area (TPSA) is 105 Å². The first-order valence-corrected chi connectivity index (χ1v) is 16.1. The van der Waals surface area contributed by atoms with Gasteiger partial charge < -0.3 is 19.7 Å². The number of benzene rings is 3. The lowest BCUT2D eigenvalue weighted by atomic mass is 9.95. The summed E-state index contributed by atoms with van der Waals surface area (Å²) < 4.78 is 67.6. The fraction of sp³-hybridized carbons (Fsp3) is 0.375. The number of halogens is 2. The van der Waals surface area contributed by atoms with E-state index in [0.29, 0.717) is 17.9 Å². The quantitative estimate of drug-likeness (QED) is 0.347. The Balaban J connectivity index is 1.47. The van der Waals surface area contributed by atoms with E-state index in [0.717, 1.165) is 48.5 Å². The zero-order chi connectivity index (χ0) is 31.3. The molecule has 1 aliphatic carbocycles. The van der Waals surface area contributed by atoms with E-state index < -0.39 is 40.2 Å². The highest BCUT2D eigenvalue weighted by Gasteiger charge is 2.34. The minimum atomic E-state index is -4.40. The van der Waals surface area contributed by atoms with Crippen LogP contribution in [0.2, 0.25) is 0 Å². The van der Waals surface area contributed by atoms with Crippen LogP contribution in [0.4, 0.5) is 14.5 Å².